The van der Waals surface area contributed by atoms with Crippen LogP contribution in [0.15, 0.2) is 30.3 Å². The molecule has 0 saturated carbocycles. The highest BCUT2D eigenvalue weighted by atomic mass is 16.5. The maximum absolute atomic E-state index is 11.7. The zero-order chi connectivity index (χ0) is 15.4. The van der Waals surface area contributed by atoms with Crippen LogP contribution in [0.4, 0.5) is 0 Å². The predicted octanol–water partition coefficient (Wildman–Crippen LogP) is 2.45. The highest BCUT2D eigenvalue weighted by molar-refractivity contribution is 5.95. The lowest BCUT2D eigenvalue weighted by Crippen LogP contribution is -2.16. The van der Waals surface area contributed by atoms with E-state index in [0.29, 0.717) is 17.1 Å². The van der Waals surface area contributed by atoms with Gasteiger partial charge in [0, 0.05) is 16.3 Å². The topological polar surface area (TPSA) is 65.0 Å². The monoisotopic (exact) mass is 290 g/mol. The molecule has 0 aliphatic rings. The normalized spacial score (nSPS) is 12.0. The molecule has 0 heterocycles. The van der Waals surface area contributed by atoms with Crippen molar-refractivity contribution in [2.24, 2.45) is 0 Å². The van der Waals surface area contributed by atoms with Crippen molar-refractivity contribution in [1.82, 2.24) is 0 Å². The van der Waals surface area contributed by atoms with Crippen LogP contribution in [0.1, 0.15) is 18.6 Å². The third-order valence-corrected chi connectivity index (χ3v) is 3.23. The van der Waals surface area contributed by atoms with Gasteiger partial charge < -0.3 is 19.3 Å². The fourth-order valence-electron chi connectivity index (χ4n) is 2.29. The van der Waals surface area contributed by atoms with E-state index >= 15 is 0 Å². The van der Waals surface area contributed by atoms with Gasteiger partial charge in [-0.05, 0) is 19.1 Å². The van der Waals surface area contributed by atoms with Crippen LogP contribution in [0.3, 0.4) is 0 Å². The third-order valence-electron chi connectivity index (χ3n) is 3.23. The van der Waals surface area contributed by atoms with Crippen molar-refractivity contribution < 1.29 is 24.1 Å². The third kappa shape index (κ3) is 2.78. The standard InChI is InChI=1S/C16H18O5/c1-4-21-16(18)14(17)12-9-8-10-11(15(12)20-3)6-5-7-13(10)19-2/h5-9,14,17H,4H2,1-3H3. The molecular formula is C16H18O5. The SMILES string of the molecule is CCOC(=O)C(O)c1ccc2c(OC)cccc2c1OC. The molecule has 1 atom stereocenters. The Kier molecular flexibility index (Phi) is 4.65. The summed E-state index contributed by atoms with van der Waals surface area (Å²) in [5.74, 6) is 0.438. The molecule has 0 aromatic heterocycles. The quantitative estimate of drug-likeness (QED) is 0.857. The van der Waals surface area contributed by atoms with Gasteiger partial charge in [-0.2, -0.15) is 0 Å². The summed E-state index contributed by atoms with van der Waals surface area (Å²) in [6.07, 6.45) is -1.38. The number of ether oxygens (including phenoxy) is 3. The van der Waals surface area contributed by atoms with E-state index in [2.05, 4.69) is 0 Å². The molecule has 0 fully saturated rings. The summed E-state index contributed by atoms with van der Waals surface area (Å²) in [4.78, 5) is 11.7. The second-order valence-corrected chi connectivity index (χ2v) is 4.40. The summed E-state index contributed by atoms with van der Waals surface area (Å²) in [6, 6.07) is 8.94. The Labute approximate surface area is 123 Å². The lowest BCUT2D eigenvalue weighted by atomic mass is 10.0. The molecule has 2 rings (SSSR count). The number of fused-ring (bicyclic) bond motifs is 1. The number of aliphatic hydroxyl groups is 1. The smallest absolute Gasteiger partial charge is 0.339 e. The first-order valence-corrected chi connectivity index (χ1v) is 6.62. The Balaban J connectivity index is 2.58. The largest absolute Gasteiger partial charge is 0.496 e. The summed E-state index contributed by atoms with van der Waals surface area (Å²) in [5.41, 5.74) is 0.372. The number of carbonyl (C=O) groups is 1. The van der Waals surface area contributed by atoms with E-state index in [9.17, 15) is 9.90 Å². The molecule has 0 radical (unpaired) electrons. The number of rotatable bonds is 5. The zero-order valence-electron chi connectivity index (χ0n) is 12.3. The van der Waals surface area contributed by atoms with E-state index in [0.717, 1.165) is 10.8 Å². The zero-order valence-corrected chi connectivity index (χ0v) is 12.3. The Morgan fingerprint density at radius 2 is 1.90 bits per heavy atom. The summed E-state index contributed by atoms with van der Waals surface area (Å²) in [5, 5.41) is 11.7. The van der Waals surface area contributed by atoms with Crippen LogP contribution in [0.2, 0.25) is 0 Å². The van der Waals surface area contributed by atoms with Crippen LogP contribution in [-0.4, -0.2) is 31.9 Å². The van der Waals surface area contributed by atoms with Crippen LogP contribution in [0, 0.1) is 0 Å². The number of methoxy groups -OCH3 is 2. The van der Waals surface area contributed by atoms with E-state index in [-0.39, 0.29) is 6.61 Å². The molecule has 5 heteroatoms. The van der Waals surface area contributed by atoms with Gasteiger partial charge in [-0.25, -0.2) is 4.79 Å². The van der Waals surface area contributed by atoms with Crippen molar-refractivity contribution >= 4 is 16.7 Å². The van der Waals surface area contributed by atoms with Crippen molar-refractivity contribution in [1.29, 1.82) is 0 Å². The van der Waals surface area contributed by atoms with Crippen molar-refractivity contribution in [2.75, 3.05) is 20.8 Å². The highest BCUT2D eigenvalue weighted by Gasteiger charge is 2.24. The maximum Gasteiger partial charge on any atom is 0.339 e. The van der Waals surface area contributed by atoms with Gasteiger partial charge in [0.05, 0.1) is 20.8 Å². The minimum atomic E-state index is -1.38. The number of benzene rings is 2. The number of aliphatic hydroxyl groups excluding tert-OH is 1. The Morgan fingerprint density at radius 3 is 2.52 bits per heavy atom. The fourth-order valence-corrected chi connectivity index (χ4v) is 2.29. The molecule has 21 heavy (non-hydrogen) atoms. The number of hydrogen-bond acceptors (Lipinski definition) is 5. The van der Waals surface area contributed by atoms with Gasteiger partial charge >= 0.3 is 5.97 Å². The van der Waals surface area contributed by atoms with E-state index in [4.69, 9.17) is 14.2 Å². The molecule has 1 unspecified atom stereocenters. The summed E-state index contributed by atoms with van der Waals surface area (Å²) >= 11 is 0. The van der Waals surface area contributed by atoms with Crippen LogP contribution >= 0.6 is 0 Å². The Morgan fingerprint density at radius 1 is 1.14 bits per heavy atom. The lowest BCUT2D eigenvalue weighted by molar-refractivity contribution is -0.153. The molecule has 2 aromatic rings. The predicted molar refractivity (Wildman–Crippen MR) is 78.6 cm³/mol. The Bertz CT molecular complexity index is 650. The van der Waals surface area contributed by atoms with Crippen LogP contribution in [0.25, 0.3) is 10.8 Å². The van der Waals surface area contributed by atoms with Gasteiger partial charge in [0.2, 0.25) is 0 Å². The van der Waals surface area contributed by atoms with Gasteiger partial charge in [0.25, 0.3) is 0 Å². The van der Waals surface area contributed by atoms with Crippen molar-refractivity contribution in [3.8, 4) is 11.5 Å². The number of hydrogen-bond donors (Lipinski definition) is 1. The van der Waals surface area contributed by atoms with Crippen molar-refractivity contribution in [3.63, 3.8) is 0 Å². The molecule has 1 N–H and O–H groups in total. The van der Waals surface area contributed by atoms with Crippen molar-refractivity contribution in [3.05, 3.63) is 35.9 Å². The molecule has 0 amide bonds. The summed E-state index contributed by atoms with van der Waals surface area (Å²) in [6.45, 7) is 1.90. The molecule has 0 saturated heterocycles. The van der Waals surface area contributed by atoms with Crippen LogP contribution in [-0.2, 0) is 9.53 Å². The van der Waals surface area contributed by atoms with Crippen molar-refractivity contribution in [2.45, 2.75) is 13.0 Å². The van der Waals surface area contributed by atoms with Crippen LogP contribution < -0.4 is 9.47 Å². The summed E-state index contributed by atoms with van der Waals surface area (Å²) < 4.78 is 15.5. The van der Waals surface area contributed by atoms with E-state index in [1.54, 1.807) is 26.2 Å². The van der Waals surface area contributed by atoms with E-state index in [1.807, 2.05) is 18.2 Å². The minimum absolute atomic E-state index is 0.208. The maximum atomic E-state index is 11.7. The first kappa shape index (κ1) is 15.1. The molecule has 112 valence electrons. The average molecular weight is 290 g/mol. The second kappa shape index (κ2) is 6.45. The highest BCUT2D eigenvalue weighted by Crippen LogP contribution is 2.37. The van der Waals surface area contributed by atoms with Gasteiger partial charge in [-0.15, -0.1) is 0 Å². The van der Waals surface area contributed by atoms with Gasteiger partial charge in [0.15, 0.2) is 6.10 Å². The molecule has 5 nitrogen and oxygen atoms in total. The molecule has 2 aromatic carbocycles. The molecule has 0 spiro atoms. The fraction of sp³-hybridized carbons (Fsp3) is 0.312. The Hall–Kier alpha value is -2.27. The van der Waals surface area contributed by atoms with E-state index < -0.39 is 12.1 Å². The van der Waals surface area contributed by atoms with E-state index in [1.165, 1.54) is 7.11 Å². The minimum Gasteiger partial charge on any atom is -0.496 e. The average Bonchev–Trinajstić information content (AvgIpc) is 2.52. The molecule has 0 aliphatic heterocycles. The summed E-state index contributed by atoms with van der Waals surface area (Å²) in [7, 11) is 3.08. The first-order valence-electron chi connectivity index (χ1n) is 6.62. The molecule has 0 bridgehead atoms. The molecule has 0 aliphatic carbocycles. The number of carbonyl (C=O) groups excluding carboxylic acids is 1. The molecular weight excluding hydrogens is 272 g/mol. The first-order chi connectivity index (χ1) is 10.1. The van der Waals surface area contributed by atoms with Gasteiger partial charge in [-0.3, -0.25) is 0 Å². The van der Waals surface area contributed by atoms with Crippen LogP contribution in [0.5, 0.6) is 11.5 Å². The van der Waals surface area contributed by atoms with Gasteiger partial charge in [0.1, 0.15) is 11.5 Å². The lowest BCUT2D eigenvalue weighted by Gasteiger charge is -2.16. The second-order valence-electron chi connectivity index (χ2n) is 4.40. The van der Waals surface area contributed by atoms with Gasteiger partial charge in [-0.1, -0.05) is 18.2 Å². The number of esters is 1.